The Kier molecular flexibility index (Phi) is 4.24. The fraction of sp³-hybridized carbons (Fsp3) is 0.357. The first-order valence-electron chi connectivity index (χ1n) is 6.63. The molecule has 0 saturated carbocycles. The van der Waals surface area contributed by atoms with E-state index in [1.54, 1.807) is 11.3 Å². The summed E-state index contributed by atoms with van der Waals surface area (Å²) in [6, 6.07) is 5.99. The molecule has 0 amide bonds. The largest absolute Gasteiger partial charge is 0.398 e. The first-order valence-corrected chi connectivity index (χ1v) is 8.31. The third-order valence-electron chi connectivity index (χ3n) is 3.60. The zero-order chi connectivity index (χ0) is 13.9. The summed E-state index contributed by atoms with van der Waals surface area (Å²) in [5.41, 5.74) is 8.12. The average Bonchev–Trinajstić information content (AvgIpc) is 2.98. The Hall–Kier alpha value is -1.11. The lowest BCUT2D eigenvalue weighted by Gasteiger charge is -2.34. The topological polar surface area (TPSA) is 45.4 Å². The molecule has 2 aromatic rings. The minimum atomic E-state index is 0.863. The monoisotopic (exact) mass is 352 g/mol. The number of benzene rings is 1. The van der Waals surface area contributed by atoms with Crippen molar-refractivity contribution in [1.29, 1.82) is 0 Å². The van der Waals surface area contributed by atoms with Crippen molar-refractivity contribution >= 4 is 38.1 Å². The van der Waals surface area contributed by atoms with Crippen LogP contribution in [0.5, 0.6) is 0 Å². The van der Waals surface area contributed by atoms with E-state index in [2.05, 4.69) is 36.8 Å². The standard InChI is InChI=1S/C14H17BrN4S/c15-12-2-1-3-13(16)11(12)10-18-5-7-19(8-6-18)14-17-4-9-20-14/h1-4,9H,5-8,10,16H2. The summed E-state index contributed by atoms with van der Waals surface area (Å²) in [6.07, 6.45) is 1.87. The number of hydrogen-bond donors (Lipinski definition) is 1. The van der Waals surface area contributed by atoms with Crippen LogP contribution in [0.3, 0.4) is 0 Å². The summed E-state index contributed by atoms with van der Waals surface area (Å²) in [5.74, 6) is 0. The molecule has 0 spiro atoms. The number of rotatable bonds is 3. The second-order valence-electron chi connectivity index (χ2n) is 4.89. The van der Waals surface area contributed by atoms with Gasteiger partial charge in [-0.2, -0.15) is 0 Å². The third kappa shape index (κ3) is 2.97. The van der Waals surface area contributed by atoms with Crippen LogP contribution in [0, 0.1) is 0 Å². The zero-order valence-corrected chi connectivity index (χ0v) is 13.5. The average molecular weight is 353 g/mol. The Morgan fingerprint density at radius 2 is 2.05 bits per heavy atom. The number of halogens is 1. The van der Waals surface area contributed by atoms with Crippen LogP contribution in [0.1, 0.15) is 5.56 Å². The summed E-state index contributed by atoms with van der Waals surface area (Å²) in [7, 11) is 0. The number of piperazine rings is 1. The van der Waals surface area contributed by atoms with Crippen LogP contribution in [-0.2, 0) is 6.54 Å². The molecule has 6 heteroatoms. The van der Waals surface area contributed by atoms with Crippen molar-refractivity contribution in [3.05, 3.63) is 39.8 Å². The van der Waals surface area contributed by atoms with E-state index in [0.717, 1.165) is 48.0 Å². The van der Waals surface area contributed by atoms with Crippen molar-refractivity contribution in [2.45, 2.75) is 6.54 Å². The van der Waals surface area contributed by atoms with Gasteiger partial charge in [0.05, 0.1) is 0 Å². The van der Waals surface area contributed by atoms with Gasteiger partial charge in [-0.3, -0.25) is 4.90 Å². The molecule has 20 heavy (non-hydrogen) atoms. The van der Waals surface area contributed by atoms with Crippen molar-refractivity contribution in [3.8, 4) is 0 Å². The minimum Gasteiger partial charge on any atom is -0.398 e. The van der Waals surface area contributed by atoms with Gasteiger partial charge in [0.1, 0.15) is 0 Å². The predicted molar refractivity (Wildman–Crippen MR) is 88.2 cm³/mol. The maximum atomic E-state index is 6.07. The number of thiazole rings is 1. The van der Waals surface area contributed by atoms with Crippen molar-refractivity contribution in [1.82, 2.24) is 9.88 Å². The SMILES string of the molecule is Nc1cccc(Br)c1CN1CCN(c2nccs2)CC1. The van der Waals surface area contributed by atoms with Crippen LogP contribution in [0.25, 0.3) is 0 Å². The Bertz CT molecular complexity index is 544. The Morgan fingerprint density at radius 3 is 2.70 bits per heavy atom. The highest BCUT2D eigenvalue weighted by Crippen LogP contribution is 2.25. The molecule has 2 heterocycles. The summed E-state index contributed by atoms with van der Waals surface area (Å²) in [4.78, 5) is 9.17. The quantitative estimate of drug-likeness (QED) is 0.862. The van der Waals surface area contributed by atoms with E-state index in [-0.39, 0.29) is 0 Å². The summed E-state index contributed by atoms with van der Waals surface area (Å²) in [5, 5.41) is 3.16. The highest BCUT2D eigenvalue weighted by molar-refractivity contribution is 9.10. The smallest absolute Gasteiger partial charge is 0.185 e. The minimum absolute atomic E-state index is 0.863. The number of nitrogens with zero attached hydrogens (tertiary/aromatic N) is 3. The van der Waals surface area contributed by atoms with Gasteiger partial charge in [0, 0.05) is 60.0 Å². The second kappa shape index (κ2) is 6.11. The number of aromatic nitrogens is 1. The predicted octanol–water partition coefficient (Wildman–Crippen LogP) is 2.81. The number of anilines is 2. The zero-order valence-electron chi connectivity index (χ0n) is 11.1. The molecule has 1 saturated heterocycles. The van der Waals surface area contributed by atoms with E-state index in [0.29, 0.717) is 0 Å². The van der Waals surface area contributed by atoms with E-state index < -0.39 is 0 Å². The second-order valence-corrected chi connectivity index (χ2v) is 6.61. The molecule has 0 bridgehead atoms. The molecular weight excluding hydrogens is 336 g/mol. The Balaban J connectivity index is 1.61. The van der Waals surface area contributed by atoms with Crippen LogP contribution < -0.4 is 10.6 Å². The van der Waals surface area contributed by atoms with Crippen molar-refractivity contribution < 1.29 is 0 Å². The van der Waals surface area contributed by atoms with Gasteiger partial charge in [-0.05, 0) is 12.1 Å². The Labute approximate surface area is 131 Å². The van der Waals surface area contributed by atoms with Crippen LogP contribution in [0.2, 0.25) is 0 Å². The van der Waals surface area contributed by atoms with E-state index in [1.165, 1.54) is 5.56 Å². The van der Waals surface area contributed by atoms with Crippen molar-refractivity contribution in [2.24, 2.45) is 0 Å². The van der Waals surface area contributed by atoms with Gasteiger partial charge in [-0.25, -0.2) is 4.98 Å². The fourth-order valence-electron chi connectivity index (χ4n) is 2.44. The molecule has 1 fully saturated rings. The summed E-state index contributed by atoms with van der Waals surface area (Å²) in [6.45, 7) is 5.04. The fourth-order valence-corrected chi connectivity index (χ4v) is 3.64. The van der Waals surface area contributed by atoms with Gasteiger partial charge >= 0.3 is 0 Å². The van der Waals surface area contributed by atoms with Gasteiger partial charge in [0.15, 0.2) is 5.13 Å². The number of nitrogens with two attached hydrogens (primary N) is 1. The maximum absolute atomic E-state index is 6.07. The highest BCUT2D eigenvalue weighted by Gasteiger charge is 2.19. The molecule has 2 N–H and O–H groups in total. The van der Waals surface area contributed by atoms with Crippen LogP contribution in [0.4, 0.5) is 10.8 Å². The van der Waals surface area contributed by atoms with Gasteiger partial charge in [-0.15, -0.1) is 11.3 Å². The number of nitrogen functional groups attached to an aromatic ring is 1. The van der Waals surface area contributed by atoms with Gasteiger partial charge in [0.25, 0.3) is 0 Å². The lowest BCUT2D eigenvalue weighted by molar-refractivity contribution is 0.250. The van der Waals surface area contributed by atoms with Crippen LogP contribution >= 0.6 is 27.3 Å². The van der Waals surface area contributed by atoms with Gasteiger partial charge in [-0.1, -0.05) is 22.0 Å². The highest BCUT2D eigenvalue weighted by atomic mass is 79.9. The molecule has 106 valence electrons. The first kappa shape index (κ1) is 13.9. The van der Waals surface area contributed by atoms with E-state index >= 15 is 0 Å². The molecule has 0 unspecified atom stereocenters. The maximum Gasteiger partial charge on any atom is 0.185 e. The molecule has 1 aliphatic rings. The molecule has 3 rings (SSSR count). The summed E-state index contributed by atoms with van der Waals surface area (Å²) >= 11 is 5.30. The molecule has 0 radical (unpaired) electrons. The molecular formula is C14H17BrN4S. The first-order chi connectivity index (χ1) is 9.74. The van der Waals surface area contributed by atoms with E-state index in [9.17, 15) is 0 Å². The molecule has 1 aliphatic heterocycles. The lowest BCUT2D eigenvalue weighted by Crippen LogP contribution is -2.46. The Morgan fingerprint density at radius 1 is 1.25 bits per heavy atom. The van der Waals surface area contributed by atoms with E-state index in [1.807, 2.05) is 23.7 Å². The summed E-state index contributed by atoms with van der Waals surface area (Å²) < 4.78 is 1.10. The van der Waals surface area contributed by atoms with Crippen LogP contribution in [-0.4, -0.2) is 36.1 Å². The molecule has 1 aromatic carbocycles. The van der Waals surface area contributed by atoms with Crippen LogP contribution in [0.15, 0.2) is 34.2 Å². The van der Waals surface area contributed by atoms with Gasteiger partial charge in [0.2, 0.25) is 0 Å². The molecule has 4 nitrogen and oxygen atoms in total. The van der Waals surface area contributed by atoms with Gasteiger partial charge < -0.3 is 10.6 Å². The molecule has 0 aliphatic carbocycles. The molecule has 1 aromatic heterocycles. The number of hydrogen-bond acceptors (Lipinski definition) is 5. The lowest BCUT2D eigenvalue weighted by atomic mass is 10.1. The van der Waals surface area contributed by atoms with Crippen molar-refractivity contribution in [3.63, 3.8) is 0 Å². The van der Waals surface area contributed by atoms with E-state index in [4.69, 9.17) is 5.73 Å². The molecule has 0 atom stereocenters. The third-order valence-corrected chi connectivity index (χ3v) is 5.17. The van der Waals surface area contributed by atoms with Crippen molar-refractivity contribution in [2.75, 3.05) is 36.8 Å². The normalized spacial score (nSPS) is 16.6.